The lowest BCUT2D eigenvalue weighted by Gasteiger charge is -2.12. The zero-order valence-electron chi connectivity index (χ0n) is 14.5. The fraction of sp³-hybridized carbons (Fsp3) is 0.188. The van der Waals surface area contributed by atoms with Crippen LogP contribution in [0.4, 0.5) is 5.69 Å². The molecule has 7 nitrogen and oxygen atoms in total. The molecule has 1 aliphatic rings. The molecule has 27 heavy (non-hydrogen) atoms. The number of benzene rings is 1. The third kappa shape index (κ3) is 6.94. The molecule has 1 aliphatic carbocycles. The molecule has 3 N–H and O–H groups in total. The second-order valence-electron chi connectivity index (χ2n) is 6.02. The highest BCUT2D eigenvalue weighted by Crippen LogP contribution is 2.23. The van der Waals surface area contributed by atoms with E-state index in [1.165, 1.54) is 12.1 Å². The number of carbonyl (C=O) groups is 1. The van der Waals surface area contributed by atoms with Crippen molar-refractivity contribution in [1.29, 1.82) is 0 Å². The number of rotatable bonds is 8. The van der Waals surface area contributed by atoms with Crippen molar-refractivity contribution >= 4 is 58.9 Å². The van der Waals surface area contributed by atoms with Crippen molar-refractivity contribution in [3.05, 3.63) is 60.2 Å². The van der Waals surface area contributed by atoms with Crippen LogP contribution in [-0.4, -0.2) is 14.3 Å². The van der Waals surface area contributed by atoms with Gasteiger partial charge in [-0.3, -0.25) is 4.79 Å². The minimum absolute atomic E-state index is 0.0206. The molecule has 0 fully saturated rings. The van der Waals surface area contributed by atoms with Crippen LogP contribution >= 0.6 is 37.3 Å². The highest BCUT2D eigenvalue weighted by Gasteiger charge is 2.20. The lowest BCUT2D eigenvalue weighted by atomic mass is 9.93. The van der Waals surface area contributed by atoms with Gasteiger partial charge in [0.2, 0.25) is 0 Å². The van der Waals surface area contributed by atoms with Crippen molar-refractivity contribution in [1.82, 2.24) is 8.85 Å². The van der Waals surface area contributed by atoms with Crippen LogP contribution in [0.1, 0.15) is 13.8 Å². The van der Waals surface area contributed by atoms with E-state index in [1.807, 2.05) is 26.0 Å². The number of sulfonamides is 1. The summed E-state index contributed by atoms with van der Waals surface area (Å²) in [6.45, 7) is 3.97. The van der Waals surface area contributed by atoms with Gasteiger partial charge in [-0.1, -0.05) is 51.0 Å². The summed E-state index contributed by atoms with van der Waals surface area (Å²) in [6, 6.07) is 5.90. The van der Waals surface area contributed by atoms with E-state index in [1.54, 1.807) is 30.4 Å². The maximum Gasteiger partial charge on any atom is 0.264 e. The number of carbonyl (C=O) groups excluding carboxylic acids is 1. The Labute approximate surface area is 173 Å². The summed E-state index contributed by atoms with van der Waals surface area (Å²) in [5.41, 5.74) is 0.693. The van der Waals surface area contributed by atoms with Crippen molar-refractivity contribution in [2.24, 2.45) is 5.41 Å². The summed E-state index contributed by atoms with van der Waals surface area (Å²) in [4.78, 5) is 12.3. The molecule has 1 aromatic rings. The van der Waals surface area contributed by atoms with Gasteiger partial charge in [-0.25, -0.2) is 16.8 Å². The number of allylic oxidation sites excluding steroid dienone is 4. The average Bonchev–Trinajstić information content (AvgIpc) is 2.79. The van der Waals surface area contributed by atoms with Gasteiger partial charge in [0.05, 0.1) is 4.90 Å². The Morgan fingerprint density at radius 2 is 1.85 bits per heavy atom. The maximum absolute atomic E-state index is 12.4. The molecule has 0 aromatic heterocycles. The molecule has 0 radical (unpaired) electrons. The fourth-order valence-corrected chi connectivity index (χ4v) is 3.88. The fourth-order valence-electron chi connectivity index (χ4n) is 2.01. The summed E-state index contributed by atoms with van der Waals surface area (Å²) >= 11 is 5.59. The third-order valence-electron chi connectivity index (χ3n) is 3.41. The molecule has 0 bridgehead atoms. The van der Waals surface area contributed by atoms with Crippen LogP contribution in [0.15, 0.2) is 65.1 Å². The van der Waals surface area contributed by atoms with E-state index in [0.717, 1.165) is 24.5 Å². The summed E-state index contributed by atoms with van der Waals surface area (Å²) in [5, 5.41) is 0. The summed E-state index contributed by atoms with van der Waals surface area (Å²) < 4.78 is 37.2. The van der Waals surface area contributed by atoms with Gasteiger partial charge in [-0.05, 0) is 30.3 Å². The Morgan fingerprint density at radius 3 is 2.52 bits per heavy atom. The number of thiol groups is 1. The molecule has 0 atom stereocenters. The molecule has 0 heterocycles. The smallest absolute Gasteiger partial charge is 0.264 e. The Balaban J connectivity index is 2.02. The minimum Gasteiger partial charge on any atom is -0.306 e. The standard InChI is InChI=1S/C16H19N3O4S4/c1-16(2)10-3-4-12(9-11-16)15(20)18-27(21,22)14-7-5-13(6-8-14)17-25-23-26-19-24/h3-11,17,19,24H,1-2H3,(H,18,20). The summed E-state index contributed by atoms with van der Waals surface area (Å²) in [5.74, 6) is -0.684. The van der Waals surface area contributed by atoms with E-state index in [9.17, 15) is 13.2 Å². The number of nitrogens with one attached hydrogen (secondary N) is 3. The van der Waals surface area contributed by atoms with E-state index in [-0.39, 0.29) is 15.9 Å². The van der Waals surface area contributed by atoms with Crippen molar-refractivity contribution in [3.63, 3.8) is 0 Å². The second-order valence-corrected chi connectivity index (χ2v) is 9.52. The van der Waals surface area contributed by atoms with Gasteiger partial charge in [0, 0.05) is 16.7 Å². The molecule has 0 aliphatic heterocycles. The van der Waals surface area contributed by atoms with Crippen LogP contribution in [0, 0.1) is 5.41 Å². The topological polar surface area (TPSA) is 96.5 Å². The van der Waals surface area contributed by atoms with Gasteiger partial charge >= 0.3 is 0 Å². The summed E-state index contributed by atoms with van der Waals surface area (Å²) in [6.07, 6.45) is 8.71. The van der Waals surface area contributed by atoms with Gasteiger partial charge in [0.25, 0.3) is 15.9 Å². The van der Waals surface area contributed by atoms with Crippen molar-refractivity contribution < 1.29 is 16.8 Å². The molecular weight excluding hydrogens is 426 g/mol. The van der Waals surface area contributed by atoms with Crippen LogP contribution in [0.3, 0.4) is 0 Å². The molecule has 1 aromatic carbocycles. The first-order chi connectivity index (χ1) is 12.7. The predicted octanol–water partition coefficient (Wildman–Crippen LogP) is 3.56. The Kier molecular flexibility index (Phi) is 7.89. The monoisotopic (exact) mass is 445 g/mol. The van der Waals surface area contributed by atoms with Crippen LogP contribution < -0.4 is 13.6 Å². The predicted molar refractivity (Wildman–Crippen MR) is 114 cm³/mol. The van der Waals surface area contributed by atoms with Crippen molar-refractivity contribution in [2.75, 3.05) is 4.72 Å². The minimum atomic E-state index is -3.98. The second kappa shape index (κ2) is 9.71. The van der Waals surface area contributed by atoms with Gasteiger partial charge < -0.3 is 4.72 Å². The maximum atomic E-state index is 12.4. The van der Waals surface area contributed by atoms with Gasteiger partial charge in [-0.15, -0.1) is 0 Å². The third-order valence-corrected chi connectivity index (χ3v) is 5.92. The van der Waals surface area contributed by atoms with Gasteiger partial charge in [0.1, 0.15) is 24.5 Å². The average molecular weight is 446 g/mol. The Morgan fingerprint density at radius 1 is 1.15 bits per heavy atom. The first-order valence-corrected chi connectivity index (χ1v) is 11.1. The van der Waals surface area contributed by atoms with E-state index in [0.29, 0.717) is 5.69 Å². The zero-order chi connectivity index (χ0) is 19.9. The number of hydrogen-bond acceptors (Lipinski definition) is 9. The largest absolute Gasteiger partial charge is 0.306 e. The normalized spacial score (nSPS) is 15.7. The van der Waals surface area contributed by atoms with Crippen molar-refractivity contribution in [2.45, 2.75) is 18.7 Å². The van der Waals surface area contributed by atoms with E-state index in [4.69, 9.17) is 3.63 Å². The number of hydrogen-bond donors (Lipinski definition) is 4. The quantitative estimate of drug-likeness (QED) is 0.209. The van der Waals surface area contributed by atoms with Crippen molar-refractivity contribution in [3.8, 4) is 0 Å². The molecule has 146 valence electrons. The van der Waals surface area contributed by atoms with E-state index >= 15 is 0 Å². The lowest BCUT2D eigenvalue weighted by molar-refractivity contribution is -0.115. The highest BCUT2D eigenvalue weighted by atomic mass is 32.3. The molecule has 0 saturated heterocycles. The molecule has 11 heteroatoms. The first kappa shape index (κ1) is 21.9. The van der Waals surface area contributed by atoms with Crippen LogP contribution in [0.25, 0.3) is 0 Å². The Hall–Kier alpha value is -1.37. The zero-order valence-corrected chi connectivity index (χ0v) is 17.8. The van der Waals surface area contributed by atoms with Crippen LogP contribution in [0.5, 0.6) is 0 Å². The molecule has 2 rings (SSSR count). The first-order valence-electron chi connectivity index (χ1n) is 7.64. The highest BCUT2D eigenvalue weighted by molar-refractivity contribution is 8.11. The molecule has 0 unspecified atom stereocenters. The molecule has 1 amide bonds. The van der Waals surface area contributed by atoms with Gasteiger partial charge in [0.15, 0.2) is 0 Å². The Bertz CT molecular complexity index is 862. The lowest BCUT2D eigenvalue weighted by Crippen LogP contribution is -2.31. The number of amides is 1. The molecule has 0 saturated carbocycles. The van der Waals surface area contributed by atoms with Crippen LogP contribution in [0.2, 0.25) is 0 Å². The van der Waals surface area contributed by atoms with E-state index < -0.39 is 15.9 Å². The summed E-state index contributed by atoms with van der Waals surface area (Å²) in [7, 11) is -3.98. The van der Waals surface area contributed by atoms with E-state index in [2.05, 4.69) is 26.4 Å². The molecular formula is C16H19N3O4S4. The number of anilines is 1. The van der Waals surface area contributed by atoms with Crippen LogP contribution in [-0.2, 0) is 18.4 Å². The van der Waals surface area contributed by atoms with Gasteiger partial charge in [-0.2, -0.15) is 4.13 Å². The molecule has 0 spiro atoms. The SMILES string of the molecule is CC1(C)C=CC=C(C(=O)NS(=O)(=O)c2ccc(NSOSNS)cc2)C=C1.